The van der Waals surface area contributed by atoms with Crippen LogP contribution in [-0.2, 0) is 28.6 Å². The van der Waals surface area contributed by atoms with Gasteiger partial charge in [-0.15, -0.1) is 11.8 Å². The number of nitrogens with zero attached hydrogens (tertiary/aromatic N) is 3. The van der Waals surface area contributed by atoms with Gasteiger partial charge in [0, 0.05) is 36.2 Å². The number of hydrogen-bond donors (Lipinski definition) is 1. The lowest BCUT2D eigenvalue weighted by Gasteiger charge is -2.24. The Morgan fingerprint density at radius 1 is 1.11 bits per heavy atom. The van der Waals surface area contributed by atoms with Crippen LogP contribution in [0.1, 0.15) is 48.4 Å². The Hall–Kier alpha value is -3.27. The third-order valence-electron chi connectivity index (χ3n) is 5.90. The molecule has 1 aliphatic rings. The van der Waals surface area contributed by atoms with E-state index in [2.05, 4.69) is 10.4 Å². The van der Waals surface area contributed by atoms with E-state index in [1.54, 1.807) is 23.9 Å². The normalized spacial score (nSPS) is 16.0. The topological polar surface area (TPSA) is 67.2 Å². The van der Waals surface area contributed by atoms with Crippen LogP contribution in [0.2, 0.25) is 0 Å². The number of thioether (sulfide) groups is 1. The molecular formula is C26H27F3N4O2S. The third kappa shape index (κ3) is 5.28. The lowest BCUT2D eigenvalue weighted by molar-refractivity contribution is -0.123. The predicted octanol–water partition coefficient (Wildman–Crippen LogP) is 4.62. The molecule has 0 bridgehead atoms. The SMILES string of the molecule is Cn1nc(C(C)(C)C)c2c1N(CC(=O)NCc1ccc(F)cc1)C(=O)CSC2c1ccc(F)cc1F. The highest BCUT2D eigenvalue weighted by molar-refractivity contribution is 8.00. The fourth-order valence-corrected chi connectivity index (χ4v) is 5.43. The zero-order valence-electron chi connectivity index (χ0n) is 20.4. The van der Waals surface area contributed by atoms with E-state index in [0.717, 1.165) is 6.07 Å². The monoisotopic (exact) mass is 516 g/mol. The number of benzene rings is 2. The summed E-state index contributed by atoms with van der Waals surface area (Å²) in [5.41, 5.74) is 1.79. The first kappa shape index (κ1) is 25.8. The van der Waals surface area contributed by atoms with Gasteiger partial charge in [0.25, 0.3) is 0 Å². The zero-order chi connectivity index (χ0) is 26.2. The predicted molar refractivity (Wildman–Crippen MR) is 133 cm³/mol. The van der Waals surface area contributed by atoms with Crippen LogP contribution >= 0.6 is 11.8 Å². The highest BCUT2D eigenvalue weighted by Gasteiger charge is 2.39. The van der Waals surface area contributed by atoms with Gasteiger partial charge in [-0.05, 0) is 23.8 Å². The number of halogens is 3. The molecule has 0 saturated heterocycles. The molecule has 3 aromatic rings. The van der Waals surface area contributed by atoms with Crippen molar-refractivity contribution in [2.75, 3.05) is 17.2 Å². The molecule has 2 amide bonds. The van der Waals surface area contributed by atoms with Crippen molar-refractivity contribution in [1.29, 1.82) is 0 Å². The Kier molecular flexibility index (Phi) is 7.17. The van der Waals surface area contributed by atoms with Crippen LogP contribution in [0.4, 0.5) is 19.0 Å². The minimum atomic E-state index is -0.708. The Morgan fingerprint density at radius 2 is 1.78 bits per heavy atom. The lowest BCUT2D eigenvalue weighted by Crippen LogP contribution is -2.42. The molecule has 2 heterocycles. The first-order valence-electron chi connectivity index (χ1n) is 11.4. The van der Waals surface area contributed by atoms with Crippen molar-refractivity contribution in [3.05, 3.63) is 82.3 Å². The van der Waals surface area contributed by atoms with Gasteiger partial charge in [0.15, 0.2) is 0 Å². The molecule has 0 spiro atoms. The largest absolute Gasteiger partial charge is 0.350 e. The molecule has 4 rings (SSSR count). The fraction of sp³-hybridized carbons (Fsp3) is 0.346. The number of amides is 2. The summed E-state index contributed by atoms with van der Waals surface area (Å²) in [5.74, 6) is -2.11. The van der Waals surface area contributed by atoms with Crippen molar-refractivity contribution in [1.82, 2.24) is 15.1 Å². The van der Waals surface area contributed by atoms with Gasteiger partial charge in [0.05, 0.1) is 16.7 Å². The molecule has 2 aromatic carbocycles. The van der Waals surface area contributed by atoms with Gasteiger partial charge in [-0.1, -0.05) is 39.0 Å². The molecule has 190 valence electrons. The average molecular weight is 517 g/mol. The molecule has 1 atom stereocenters. The van der Waals surface area contributed by atoms with Crippen molar-refractivity contribution in [3.8, 4) is 0 Å². The van der Waals surface area contributed by atoms with E-state index in [1.165, 1.54) is 40.9 Å². The van der Waals surface area contributed by atoms with E-state index in [9.17, 15) is 22.8 Å². The molecule has 1 unspecified atom stereocenters. The summed E-state index contributed by atoms with van der Waals surface area (Å²) >= 11 is 1.22. The number of fused-ring (bicyclic) bond motifs is 1. The van der Waals surface area contributed by atoms with Crippen molar-refractivity contribution in [2.24, 2.45) is 7.05 Å². The van der Waals surface area contributed by atoms with Crippen molar-refractivity contribution in [2.45, 2.75) is 38.0 Å². The number of carbonyl (C=O) groups excluding carboxylic acids is 2. The van der Waals surface area contributed by atoms with Gasteiger partial charge >= 0.3 is 0 Å². The highest BCUT2D eigenvalue weighted by atomic mass is 32.2. The van der Waals surface area contributed by atoms with E-state index in [1.807, 2.05) is 20.8 Å². The van der Waals surface area contributed by atoms with Crippen LogP contribution in [0.15, 0.2) is 42.5 Å². The van der Waals surface area contributed by atoms with Gasteiger partial charge in [-0.2, -0.15) is 5.10 Å². The first-order chi connectivity index (χ1) is 17.0. The maximum atomic E-state index is 14.9. The second kappa shape index (κ2) is 10.0. The molecule has 0 aliphatic carbocycles. The average Bonchev–Trinajstić information content (AvgIpc) is 3.08. The van der Waals surface area contributed by atoms with E-state index < -0.39 is 28.2 Å². The minimum Gasteiger partial charge on any atom is -0.350 e. The Balaban J connectivity index is 1.71. The fourth-order valence-electron chi connectivity index (χ4n) is 4.21. The quantitative estimate of drug-likeness (QED) is 0.538. The second-order valence-corrected chi connectivity index (χ2v) is 10.8. The van der Waals surface area contributed by atoms with Gasteiger partial charge in [-0.3, -0.25) is 19.2 Å². The van der Waals surface area contributed by atoms with Crippen LogP contribution in [0, 0.1) is 17.5 Å². The summed E-state index contributed by atoms with van der Waals surface area (Å²) < 4.78 is 43.3. The van der Waals surface area contributed by atoms with Gasteiger partial charge in [-0.25, -0.2) is 13.2 Å². The second-order valence-electron chi connectivity index (χ2n) is 9.70. The molecule has 1 aromatic heterocycles. The number of rotatable bonds is 5. The molecule has 0 radical (unpaired) electrons. The molecule has 36 heavy (non-hydrogen) atoms. The molecule has 10 heteroatoms. The van der Waals surface area contributed by atoms with Crippen LogP contribution in [0.25, 0.3) is 0 Å². The molecule has 1 aliphatic heterocycles. The Morgan fingerprint density at radius 3 is 2.42 bits per heavy atom. The third-order valence-corrected chi connectivity index (χ3v) is 7.14. The first-order valence-corrected chi connectivity index (χ1v) is 12.5. The number of aromatic nitrogens is 2. The summed E-state index contributed by atoms with van der Waals surface area (Å²) in [6, 6.07) is 9.17. The van der Waals surface area contributed by atoms with Gasteiger partial charge in [0.1, 0.15) is 29.8 Å². The summed E-state index contributed by atoms with van der Waals surface area (Å²) in [6.45, 7) is 5.79. The van der Waals surface area contributed by atoms with Crippen molar-refractivity contribution < 1.29 is 22.8 Å². The summed E-state index contributed by atoms with van der Waals surface area (Å²) in [4.78, 5) is 27.5. The van der Waals surface area contributed by atoms with Crippen LogP contribution in [-0.4, -0.2) is 33.9 Å². The number of nitrogens with one attached hydrogen (secondary N) is 1. The standard InChI is InChI=1S/C26H27F3N4O2S/c1-26(2,3)24-22-23(18-10-9-17(28)11-19(18)29)36-14-21(35)33(25(22)32(4)31-24)13-20(34)30-12-15-5-7-16(27)8-6-15/h5-11,23H,12-14H2,1-4H3,(H,30,34). The zero-order valence-corrected chi connectivity index (χ0v) is 21.3. The smallest absolute Gasteiger partial charge is 0.240 e. The van der Waals surface area contributed by atoms with Crippen LogP contribution in [0.5, 0.6) is 0 Å². The number of hydrogen-bond acceptors (Lipinski definition) is 4. The highest BCUT2D eigenvalue weighted by Crippen LogP contribution is 2.48. The summed E-state index contributed by atoms with van der Waals surface area (Å²) in [5, 5.41) is 6.80. The number of carbonyl (C=O) groups is 2. The van der Waals surface area contributed by atoms with E-state index in [4.69, 9.17) is 0 Å². The van der Waals surface area contributed by atoms with E-state index >= 15 is 0 Å². The number of anilines is 1. The molecule has 6 nitrogen and oxygen atoms in total. The van der Waals surface area contributed by atoms with E-state index in [0.29, 0.717) is 22.6 Å². The maximum absolute atomic E-state index is 14.9. The minimum absolute atomic E-state index is 0.00894. The molecule has 1 N–H and O–H groups in total. The lowest BCUT2D eigenvalue weighted by atomic mass is 9.87. The molecule has 0 fully saturated rings. The maximum Gasteiger partial charge on any atom is 0.240 e. The Bertz CT molecular complexity index is 1300. The van der Waals surface area contributed by atoms with E-state index in [-0.39, 0.29) is 36.1 Å². The molecule has 0 saturated carbocycles. The summed E-state index contributed by atoms with van der Waals surface area (Å²) in [6.07, 6.45) is 0. The summed E-state index contributed by atoms with van der Waals surface area (Å²) in [7, 11) is 1.68. The van der Waals surface area contributed by atoms with Crippen LogP contribution < -0.4 is 10.2 Å². The number of aryl methyl sites for hydroxylation is 1. The van der Waals surface area contributed by atoms with Crippen molar-refractivity contribution >= 4 is 29.4 Å². The molecular weight excluding hydrogens is 489 g/mol. The van der Waals surface area contributed by atoms with Crippen molar-refractivity contribution in [3.63, 3.8) is 0 Å². The van der Waals surface area contributed by atoms with Crippen LogP contribution in [0.3, 0.4) is 0 Å². The van der Waals surface area contributed by atoms with Gasteiger partial charge in [0.2, 0.25) is 11.8 Å². The van der Waals surface area contributed by atoms with Gasteiger partial charge < -0.3 is 5.32 Å². The Labute approximate surface area is 211 Å².